The Morgan fingerprint density at radius 2 is 2.08 bits per heavy atom. The van der Waals surface area contributed by atoms with E-state index in [1.807, 2.05) is 20.8 Å². The normalized spacial score (nSPS) is 14.0. The number of amides is 1. The molecule has 0 radical (unpaired) electrons. The van der Waals surface area contributed by atoms with Gasteiger partial charge in [0.25, 0.3) is 5.56 Å². The summed E-state index contributed by atoms with van der Waals surface area (Å²) in [4.78, 5) is 33.7. The smallest absolute Gasteiger partial charge is 0.259 e. The van der Waals surface area contributed by atoms with E-state index in [-0.39, 0.29) is 17.9 Å². The molecule has 2 aromatic heterocycles. The van der Waals surface area contributed by atoms with Crippen molar-refractivity contribution in [1.82, 2.24) is 15.3 Å². The second-order valence-corrected chi connectivity index (χ2v) is 8.59. The molecule has 2 aromatic rings. The fraction of sp³-hybridized carbons (Fsp3) is 0.611. The monoisotopic (exact) mass is 364 g/mol. The fourth-order valence-corrected chi connectivity index (χ4v) is 4.18. The molecular weight excluding hydrogens is 336 g/mol. The minimum absolute atomic E-state index is 0.0742. The molecule has 25 heavy (non-hydrogen) atoms. The van der Waals surface area contributed by atoms with Gasteiger partial charge in [-0.25, -0.2) is 4.98 Å². The van der Waals surface area contributed by atoms with Crippen LogP contribution in [0, 0.1) is 19.8 Å². The first-order valence-electron chi connectivity index (χ1n) is 8.65. The molecule has 1 amide bonds. The van der Waals surface area contributed by atoms with E-state index >= 15 is 0 Å². The molecule has 7 heteroatoms. The highest BCUT2D eigenvalue weighted by Crippen LogP contribution is 2.25. The number of hydrogen-bond donors (Lipinski definition) is 3. The van der Waals surface area contributed by atoms with Crippen LogP contribution in [0.5, 0.6) is 0 Å². The molecule has 0 saturated carbocycles. The second-order valence-electron chi connectivity index (χ2n) is 7.39. The van der Waals surface area contributed by atoms with Gasteiger partial charge < -0.3 is 16.0 Å². The zero-order chi connectivity index (χ0) is 18.8. The third-order valence-corrected chi connectivity index (χ3v) is 5.53. The van der Waals surface area contributed by atoms with Crippen LogP contribution in [0.25, 0.3) is 10.2 Å². The average Bonchev–Trinajstić information content (AvgIpc) is 2.79. The lowest BCUT2D eigenvalue weighted by atomic mass is 9.90. The van der Waals surface area contributed by atoms with Crippen LogP contribution in [-0.2, 0) is 11.2 Å². The van der Waals surface area contributed by atoms with Gasteiger partial charge >= 0.3 is 0 Å². The Balaban J connectivity index is 2.07. The molecule has 4 N–H and O–H groups in total. The molecule has 0 spiro atoms. The number of nitrogens with one attached hydrogen (secondary N) is 2. The summed E-state index contributed by atoms with van der Waals surface area (Å²) < 4.78 is 0. The summed E-state index contributed by atoms with van der Waals surface area (Å²) >= 11 is 1.51. The minimum Gasteiger partial charge on any atom is -0.350 e. The predicted octanol–water partition coefficient (Wildman–Crippen LogP) is 2.41. The number of fused-ring (bicyclic) bond motifs is 1. The third-order valence-electron chi connectivity index (χ3n) is 4.43. The third kappa shape index (κ3) is 4.67. The van der Waals surface area contributed by atoms with Crippen LogP contribution >= 0.6 is 11.3 Å². The maximum absolute atomic E-state index is 12.3. The van der Waals surface area contributed by atoms with Gasteiger partial charge in [-0.15, -0.1) is 11.3 Å². The van der Waals surface area contributed by atoms with Gasteiger partial charge in [-0.2, -0.15) is 0 Å². The van der Waals surface area contributed by atoms with Gasteiger partial charge in [0.05, 0.1) is 5.39 Å². The van der Waals surface area contributed by atoms with Crippen molar-refractivity contribution in [2.45, 2.75) is 59.4 Å². The van der Waals surface area contributed by atoms with Crippen molar-refractivity contribution < 1.29 is 4.79 Å². The summed E-state index contributed by atoms with van der Waals surface area (Å²) in [5.74, 6) is 0.918. The van der Waals surface area contributed by atoms with Crippen LogP contribution in [0.15, 0.2) is 4.79 Å². The van der Waals surface area contributed by atoms with Crippen LogP contribution in [0.4, 0.5) is 0 Å². The minimum atomic E-state index is -0.405. The van der Waals surface area contributed by atoms with Crippen molar-refractivity contribution in [1.29, 1.82) is 0 Å². The van der Waals surface area contributed by atoms with Crippen molar-refractivity contribution >= 4 is 27.5 Å². The number of thiophene rings is 1. The quantitative estimate of drug-likeness (QED) is 0.702. The largest absolute Gasteiger partial charge is 0.350 e. The van der Waals surface area contributed by atoms with E-state index in [9.17, 15) is 9.59 Å². The molecule has 0 aliphatic carbocycles. The summed E-state index contributed by atoms with van der Waals surface area (Å²) in [6, 6.07) is 0. The molecular formula is C18H28N4O2S. The lowest BCUT2D eigenvalue weighted by Crippen LogP contribution is -2.52. The summed E-state index contributed by atoms with van der Waals surface area (Å²) in [6.07, 6.45) is 1.49. The number of aromatic nitrogens is 2. The number of carbonyl (C=O) groups excluding carboxylic acids is 1. The van der Waals surface area contributed by atoms with E-state index in [2.05, 4.69) is 29.1 Å². The Morgan fingerprint density at radius 1 is 1.40 bits per heavy atom. The summed E-state index contributed by atoms with van der Waals surface area (Å²) in [5, 5.41) is 3.68. The molecule has 1 unspecified atom stereocenters. The number of nitrogens with two attached hydrogens (primary N) is 1. The molecule has 0 bridgehead atoms. The van der Waals surface area contributed by atoms with Crippen LogP contribution in [0.3, 0.4) is 0 Å². The number of rotatable bonds is 7. The molecule has 2 rings (SSSR count). The van der Waals surface area contributed by atoms with Gasteiger partial charge in [0, 0.05) is 29.8 Å². The van der Waals surface area contributed by atoms with Crippen LogP contribution in [-0.4, -0.2) is 28.0 Å². The average molecular weight is 365 g/mol. The molecule has 0 saturated heterocycles. The highest BCUT2D eigenvalue weighted by Gasteiger charge is 2.25. The van der Waals surface area contributed by atoms with E-state index in [1.54, 1.807) is 0 Å². The lowest BCUT2D eigenvalue weighted by Gasteiger charge is -2.31. The SMILES string of the molecule is Cc1sc2nc(CCC(=O)NC(C)(CN)CC(C)C)[nH]c(=O)c2c1C. The maximum Gasteiger partial charge on any atom is 0.259 e. The van der Waals surface area contributed by atoms with E-state index in [0.29, 0.717) is 30.1 Å². The van der Waals surface area contributed by atoms with Crippen molar-refractivity contribution in [2.24, 2.45) is 11.7 Å². The summed E-state index contributed by atoms with van der Waals surface area (Å²) in [5.41, 5.74) is 6.28. The fourth-order valence-electron chi connectivity index (χ4n) is 3.14. The highest BCUT2D eigenvalue weighted by molar-refractivity contribution is 7.18. The molecule has 6 nitrogen and oxygen atoms in total. The molecule has 0 aliphatic heterocycles. The van der Waals surface area contributed by atoms with E-state index in [4.69, 9.17) is 5.73 Å². The van der Waals surface area contributed by atoms with E-state index < -0.39 is 5.54 Å². The van der Waals surface area contributed by atoms with Crippen molar-refractivity contribution in [2.75, 3.05) is 6.54 Å². The first-order valence-corrected chi connectivity index (χ1v) is 9.47. The number of hydrogen-bond acceptors (Lipinski definition) is 5. The summed E-state index contributed by atoms with van der Waals surface area (Å²) in [6.45, 7) is 10.5. The van der Waals surface area contributed by atoms with Gasteiger partial charge in [-0.1, -0.05) is 13.8 Å². The van der Waals surface area contributed by atoms with Gasteiger partial charge in [0.15, 0.2) is 0 Å². The van der Waals surface area contributed by atoms with Gasteiger partial charge in [-0.3, -0.25) is 9.59 Å². The van der Waals surface area contributed by atoms with Crippen molar-refractivity contribution in [3.63, 3.8) is 0 Å². The summed E-state index contributed by atoms with van der Waals surface area (Å²) in [7, 11) is 0. The highest BCUT2D eigenvalue weighted by atomic mass is 32.1. The second kappa shape index (κ2) is 7.66. The Kier molecular flexibility index (Phi) is 6.00. The van der Waals surface area contributed by atoms with E-state index in [0.717, 1.165) is 21.7 Å². The molecule has 1 atom stereocenters. The number of carbonyl (C=O) groups is 1. The molecule has 138 valence electrons. The van der Waals surface area contributed by atoms with Crippen molar-refractivity contribution in [3.8, 4) is 0 Å². The van der Waals surface area contributed by atoms with E-state index in [1.165, 1.54) is 11.3 Å². The first-order chi connectivity index (χ1) is 11.6. The van der Waals surface area contributed by atoms with Crippen LogP contribution in [0.1, 0.15) is 49.9 Å². The number of aryl methyl sites for hydroxylation is 3. The number of H-pyrrole nitrogens is 1. The van der Waals surface area contributed by atoms with Gasteiger partial charge in [0.1, 0.15) is 10.7 Å². The molecule has 0 aromatic carbocycles. The Labute approximate surface area is 152 Å². The number of nitrogens with zero attached hydrogens (tertiary/aromatic N) is 1. The van der Waals surface area contributed by atoms with Crippen molar-refractivity contribution in [3.05, 3.63) is 26.6 Å². The number of aromatic amines is 1. The molecule has 2 heterocycles. The zero-order valence-corrected chi connectivity index (χ0v) is 16.5. The standard InChI is InChI=1S/C18H28N4O2S/c1-10(2)8-18(5,9-19)22-14(23)7-6-13-20-16(24)15-11(3)12(4)25-17(15)21-13/h10H,6-9,19H2,1-5H3,(H,22,23)(H,20,21,24). The maximum atomic E-state index is 12.3. The molecule has 0 aliphatic rings. The van der Waals surface area contributed by atoms with Gasteiger partial charge in [-0.05, 0) is 38.7 Å². The predicted molar refractivity (Wildman–Crippen MR) is 103 cm³/mol. The Hall–Kier alpha value is -1.73. The first kappa shape index (κ1) is 19.6. The zero-order valence-electron chi connectivity index (χ0n) is 15.7. The van der Waals surface area contributed by atoms with Crippen LogP contribution < -0.4 is 16.6 Å². The molecule has 0 fully saturated rings. The van der Waals surface area contributed by atoms with Crippen LogP contribution in [0.2, 0.25) is 0 Å². The Bertz CT molecular complexity index is 824. The Morgan fingerprint density at radius 3 is 2.68 bits per heavy atom. The van der Waals surface area contributed by atoms with Gasteiger partial charge in [0.2, 0.25) is 5.91 Å². The lowest BCUT2D eigenvalue weighted by molar-refractivity contribution is -0.122. The topological polar surface area (TPSA) is 101 Å².